The first-order valence-electron chi connectivity index (χ1n) is 9.16. The third-order valence-electron chi connectivity index (χ3n) is 5.06. The molecule has 0 spiro atoms. The number of nitrogens with one attached hydrogen (secondary N) is 2. The maximum atomic E-state index is 12.3. The van der Waals surface area contributed by atoms with E-state index in [0.29, 0.717) is 31.8 Å². The summed E-state index contributed by atoms with van der Waals surface area (Å²) in [4.78, 5) is 26.1. The molecule has 26 heavy (non-hydrogen) atoms. The molecule has 2 heterocycles. The smallest absolute Gasteiger partial charge is 0.410 e. The average molecular weight is 382 g/mol. The van der Waals surface area contributed by atoms with Crippen molar-refractivity contribution in [2.24, 2.45) is 11.8 Å². The topological polar surface area (TPSA) is 70.7 Å². The summed E-state index contributed by atoms with van der Waals surface area (Å²) in [5, 5.41) is 6.38. The molecule has 2 aliphatic rings. The highest BCUT2D eigenvalue weighted by Crippen LogP contribution is 2.19. The second-order valence-electron chi connectivity index (χ2n) is 6.91. The molecule has 1 atom stereocenters. The van der Waals surface area contributed by atoms with Gasteiger partial charge in [-0.3, -0.25) is 4.79 Å². The van der Waals surface area contributed by atoms with Crippen LogP contribution in [0.25, 0.3) is 0 Å². The minimum absolute atomic E-state index is 0. The van der Waals surface area contributed by atoms with E-state index >= 15 is 0 Å². The molecule has 1 unspecified atom stereocenters. The largest absolute Gasteiger partial charge is 0.445 e. The van der Waals surface area contributed by atoms with Gasteiger partial charge in [0, 0.05) is 25.6 Å². The minimum Gasteiger partial charge on any atom is -0.445 e. The number of piperidine rings is 1. The molecule has 0 bridgehead atoms. The van der Waals surface area contributed by atoms with Gasteiger partial charge in [0.05, 0.1) is 0 Å². The molecule has 0 aliphatic carbocycles. The molecule has 2 saturated heterocycles. The number of nitrogens with zero attached hydrogens (tertiary/aromatic N) is 1. The molecule has 2 amide bonds. The Hall–Kier alpha value is -1.79. The lowest BCUT2D eigenvalue weighted by Gasteiger charge is -2.30. The third kappa shape index (κ3) is 5.88. The van der Waals surface area contributed by atoms with Crippen LogP contribution in [0.5, 0.6) is 0 Å². The SMILES string of the molecule is Cl.O=C(NCC1CCNC1)C1CCN(C(=O)OCc2ccccc2)CC1. The standard InChI is InChI=1S/C19H27N3O3.ClH/c23-18(21-13-16-6-9-20-12-16)17-7-10-22(11-8-17)19(24)25-14-15-4-2-1-3-5-15;/h1-5,16-17,20H,6-14H2,(H,21,23);1H. The Labute approximate surface area is 161 Å². The van der Waals surface area contributed by atoms with E-state index in [0.717, 1.165) is 31.6 Å². The van der Waals surface area contributed by atoms with Crippen LogP contribution in [0.2, 0.25) is 0 Å². The summed E-state index contributed by atoms with van der Waals surface area (Å²) >= 11 is 0. The lowest BCUT2D eigenvalue weighted by molar-refractivity contribution is -0.126. The van der Waals surface area contributed by atoms with Gasteiger partial charge < -0.3 is 20.3 Å². The predicted molar refractivity (Wildman–Crippen MR) is 102 cm³/mol. The quantitative estimate of drug-likeness (QED) is 0.820. The summed E-state index contributed by atoms with van der Waals surface area (Å²) in [6, 6.07) is 9.65. The van der Waals surface area contributed by atoms with E-state index in [1.807, 2.05) is 30.3 Å². The first kappa shape index (κ1) is 20.5. The van der Waals surface area contributed by atoms with Crippen molar-refractivity contribution in [2.75, 3.05) is 32.7 Å². The Balaban J connectivity index is 0.00000243. The number of benzene rings is 1. The van der Waals surface area contributed by atoms with Crippen LogP contribution in [0, 0.1) is 11.8 Å². The monoisotopic (exact) mass is 381 g/mol. The number of halogens is 1. The molecule has 2 fully saturated rings. The molecule has 6 nitrogen and oxygen atoms in total. The zero-order valence-corrected chi connectivity index (χ0v) is 15.8. The Morgan fingerprint density at radius 2 is 1.88 bits per heavy atom. The molecular weight excluding hydrogens is 354 g/mol. The predicted octanol–water partition coefficient (Wildman–Crippen LogP) is 2.18. The van der Waals surface area contributed by atoms with Crippen LogP contribution in [0.15, 0.2) is 30.3 Å². The molecule has 1 aromatic carbocycles. The van der Waals surface area contributed by atoms with Gasteiger partial charge in [-0.15, -0.1) is 12.4 Å². The van der Waals surface area contributed by atoms with Gasteiger partial charge in [0.1, 0.15) is 6.61 Å². The van der Waals surface area contributed by atoms with Gasteiger partial charge in [0.15, 0.2) is 0 Å². The molecule has 0 saturated carbocycles. The normalized spacial score (nSPS) is 20.3. The number of carbonyl (C=O) groups excluding carboxylic acids is 2. The second-order valence-corrected chi connectivity index (χ2v) is 6.91. The molecule has 2 N–H and O–H groups in total. The highest BCUT2D eigenvalue weighted by Gasteiger charge is 2.28. The van der Waals surface area contributed by atoms with Crippen molar-refractivity contribution in [1.29, 1.82) is 0 Å². The molecular formula is C19H28ClN3O3. The summed E-state index contributed by atoms with van der Waals surface area (Å²) in [6.45, 7) is 4.24. The molecule has 144 valence electrons. The second kappa shape index (κ2) is 10.4. The van der Waals surface area contributed by atoms with E-state index in [1.165, 1.54) is 0 Å². The number of likely N-dealkylation sites (tertiary alicyclic amines) is 1. The fourth-order valence-electron chi connectivity index (χ4n) is 3.41. The maximum absolute atomic E-state index is 12.3. The summed E-state index contributed by atoms with van der Waals surface area (Å²) in [5.74, 6) is 0.689. The molecule has 1 aromatic rings. The number of rotatable bonds is 5. The number of hydrogen-bond donors (Lipinski definition) is 2. The Kier molecular flexibility index (Phi) is 8.19. The number of hydrogen-bond acceptors (Lipinski definition) is 4. The zero-order chi connectivity index (χ0) is 17.5. The summed E-state index contributed by atoms with van der Waals surface area (Å²) in [6.07, 6.45) is 2.25. The van der Waals surface area contributed by atoms with Crippen molar-refractivity contribution in [1.82, 2.24) is 15.5 Å². The maximum Gasteiger partial charge on any atom is 0.410 e. The third-order valence-corrected chi connectivity index (χ3v) is 5.06. The molecule has 7 heteroatoms. The number of ether oxygens (including phenoxy) is 1. The van der Waals surface area contributed by atoms with Crippen molar-refractivity contribution in [3.05, 3.63) is 35.9 Å². The Morgan fingerprint density at radius 3 is 2.54 bits per heavy atom. The number of carbonyl (C=O) groups is 2. The van der Waals surface area contributed by atoms with Crippen LogP contribution in [0.1, 0.15) is 24.8 Å². The van der Waals surface area contributed by atoms with Gasteiger partial charge in [0.25, 0.3) is 0 Å². The fourth-order valence-corrected chi connectivity index (χ4v) is 3.41. The first-order valence-corrected chi connectivity index (χ1v) is 9.16. The van der Waals surface area contributed by atoms with Crippen molar-refractivity contribution in [3.63, 3.8) is 0 Å². The van der Waals surface area contributed by atoms with Gasteiger partial charge in [-0.25, -0.2) is 4.79 Å². The zero-order valence-electron chi connectivity index (χ0n) is 15.0. The van der Waals surface area contributed by atoms with Gasteiger partial charge in [0.2, 0.25) is 5.91 Å². The first-order chi connectivity index (χ1) is 12.2. The Bertz CT molecular complexity index is 571. The molecule has 0 aromatic heterocycles. The van der Waals surface area contributed by atoms with E-state index in [1.54, 1.807) is 4.90 Å². The van der Waals surface area contributed by atoms with Crippen LogP contribution in [-0.4, -0.2) is 49.6 Å². The van der Waals surface area contributed by atoms with Crippen molar-refractivity contribution < 1.29 is 14.3 Å². The molecule has 2 aliphatic heterocycles. The van der Waals surface area contributed by atoms with Crippen molar-refractivity contribution in [2.45, 2.75) is 25.9 Å². The van der Waals surface area contributed by atoms with Crippen LogP contribution in [0.3, 0.4) is 0 Å². The van der Waals surface area contributed by atoms with Crippen molar-refractivity contribution in [3.8, 4) is 0 Å². The number of amides is 2. The molecule has 0 radical (unpaired) electrons. The summed E-state index contributed by atoms with van der Waals surface area (Å²) in [7, 11) is 0. The lowest BCUT2D eigenvalue weighted by atomic mass is 9.96. The highest BCUT2D eigenvalue weighted by molar-refractivity contribution is 5.85. The van der Waals surface area contributed by atoms with Gasteiger partial charge in [-0.1, -0.05) is 30.3 Å². The van der Waals surface area contributed by atoms with Gasteiger partial charge in [-0.2, -0.15) is 0 Å². The van der Waals surface area contributed by atoms with Crippen LogP contribution < -0.4 is 10.6 Å². The fraction of sp³-hybridized carbons (Fsp3) is 0.579. The van der Waals surface area contributed by atoms with Gasteiger partial charge in [-0.05, 0) is 43.8 Å². The van der Waals surface area contributed by atoms with E-state index in [9.17, 15) is 9.59 Å². The average Bonchev–Trinajstić information content (AvgIpc) is 3.19. The minimum atomic E-state index is -0.292. The van der Waals surface area contributed by atoms with E-state index < -0.39 is 0 Å². The van der Waals surface area contributed by atoms with Crippen molar-refractivity contribution >= 4 is 24.4 Å². The van der Waals surface area contributed by atoms with E-state index in [4.69, 9.17) is 4.74 Å². The molecule has 3 rings (SSSR count). The van der Waals surface area contributed by atoms with Crippen LogP contribution >= 0.6 is 12.4 Å². The lowest BCUT2D eigenvalue weighted by Crippen LogP contribution is -2.44. The summed E-state index contributed by atoms with van der Waals surface area (Å²) in [5.41, 5.74) is 0.978. The van der Waals surface area contributed by atoms with E-state index in [2.05, 4.69) is 10.6 Å². The van der Waals surface area contributed by atoms with Crippen LogP contribution in [-0.2, 0) is 16.1 Å². The highest BCUT2D eigenvalue weighted by atomic mass is 35.5. The summed E-state index contributed by atoms with van der Waals surface area (Å²) < 4.78 is 5.36. The Morgan fingerprint density at radius 1 is 1.15 bits per heavy atom. The van der Waals surface area contributed by atoms with E-state index in [-0.39, 0.29) is 36.9 Å². The van der Waals surface area contributed by atoms with Gasteiger partial charge >= 0.3 is 6.09 Å². The van der Waals surface area contributed by atoms with Crippen LogP contribution in [0.4, 0.5) is 4.79 Å².